The summed E-state index contributed by atoms with van der Waals surface area (Å²) >= 11 is 0. The Morgan fingerprint density at radius 3 is 2.12 bits per heavy atom. The van der Waals surface area contributed by atoms with Gasteiger partial charge in [-0.25, -0.2) is 0 Å². The normalized spacial score (nSPS) is 10.9. The second kappa shape index (κ2) is 5.17. The molecule has 0 aliphatic carbocycles. The van der Waals surface area contributed by atoms with Crippen LogP contribution in [0, 0.1) is 0 Å². The molecular formula is C15H21NO. The number of benzene rings is 1. The zero-order valence-electron chi connectivity index (χ0n) is 11.3. The zero-order valence-corrected chi connectivity index (χ0v) is 11.3. The topological polar surface area (TPSA) is 22.0 Å². The molecule has 92 valence electrons. The van der Waals surface area contributed by atoms with Crippen molar-refractivity contribution in [3.63, 3.8) is 0 Å². The summed E-state index contributed by atoms with van der Waals surface area (Å²) < 4.78 is 1.84. The molecule has 0 fully saturated rings. The minimum Gasteiger partial charge on any atom is -0.303 e. The number of pyridine rings is 1. The minimum atomic E-state index is -0.183. The first-order valence-electron chi connectivity index (χ1n) is 6.11. The van der Waals surface area contributed by atoms with Crippen LogP contribution in [0.3, 0.4) is 0 Å². The van der Waals surface area contributed by atoms with E-state index < -0.39 is 0 Å². The van der Waals surface area contributed by atoms with Crippen LogP contribution in [0.4, 0.5) is 0 Å². The highest BCUT2D eigenvalue weighted by molar-refractivity contribution is 5.78. The third kappa shape index (κ3) is 2.76. The molecule has 0 atom stereocenters. The number of hydrogen-bond donors (Lipinski definition) is 0. The Morgan fingerprint density at radius 2 is 1.53 bits per heavy atom. The number of aromatic nitrogens is 1. The molecule has 17 heavy (non-hydrogen) atoms. The van der Waals surface area contributed by atoms with Crippen molar-refractivity contribution in [3.05, 3.63) is 46.8 Å². The molecule has 2 nitrogen and oxygen atoms in total. The first-order chi connectivity index (χ1) is 8.00. The van der Waals surface area contributed by atoms with Crippen molar-refractivity contribution in [2.24, 2.45) is 0 Å². The van der Waals surface area contributed by atoms with E-state index in [-0.39, 0.29) is 11.1 Å². The van der Waals surface area contributed by atoms with Crippen molar-refractivity contribution < 1.29 is 0 Å². The van der Waals surface area contributed by atoms with E-state index in [0.29, 0.717) is 0 Å². The van der Waals surface area contributed by atoms with Crippen molar-refractivity contribution >= 4 is 10.9 Å². The highest BCUT2D eigenvalue weighted by Gasteiger charge is 2.16. The summed E-state index contributed by atoms with van der Waals surface area (Å²) in [6, 6.07) is 11.5. The second-order valence-corrected chi connectivity index (χ2v) is 4.74. The third-order valence-corrected chi connectivity index (χ3v) is 2.47. The molecule has 0 N–H and O–H groups in total. The number of rotatable bonds is 0. The van der Waals surface area contributed by atoms with Crippen LogP contribution < -0.4 is 5.56 Å². The SMILES string of the molecule is CC.CC(C)(C)n1c(=O)ccc2ccccc21. The molecule has 2 aromatic rings. The summed E-state index contributed by atoms with van der Waals surface area (Å²) in [6.45, 7) is 10.1. The monoisotopic (exact) mass is 231 g/mol. The van der Waals surface area contributed by atoms with Crippen molar-refractivity contribution in [3.8, 4) is 0 Å². The molecule has 0 amide bonds. The average Bonchev–Trinajstić information content (AvgIpc) is 2.29. The van der Waals surface area contributed by atoms with Gasteiger partial charge in [0.25, 0.3) is 5.56 Å². The van der Waals surface area contributed by atoms with E-state index in [0.717, 1.165) is 10.9 Å². The molecule has 0 unspecified atom stereocenters. The first-order valence-corrected chi connectivity index (χ1v) is 6.11. The Balaban J connectivity index is 0.000000686. The largest absolute Gasteiger partial charge is 0.303 e. The van der Waals surface area contributed by atoms with Gasteiger partial charge in [-0.3, -0.25) is 4.79 Å². The number of fused-ring (bicyclic) bond motifs is 1. The van der Waals surface area contributed by atoms with Gasteiger partial charge >= 0.3 is 0 Å². The van der Waals surface area contributed by atoms with Gasteiger partial charge in [0, 0.05) is 11.6 Å². The van der Waals surface area contributed by atoms with E-state index in [1.54, 1.807) is 6.07 Å². The average molecular weight is 231 g/mol. The Morgan fingerprint density at radius 1 is 0.941 bits per heavy atom. The molecule has 0 saturated heterocycles. The summed E-state index contributed by atoms with van der Waals surface area (Å²) in [5.74, 6) is 0. The Labute approximate surface area is 103 Å². The maximum absolute atomic E-state index is 11.8. The molecular weight excluding hydrogens is 210 g/mol. The van der Waals surface area contributed by atoms with Gasteiger partial charge in [0.1, 0.15) is 0 Å². The van der Waals surface area contributed by atoms with Crippen LogP contribution in [-0.2, 0) is 5.54 Å². The number of hydrogen-bond acceptors (Lipinski definition) is 1. The van der Waals surface area contributed by atoms with E-state index in [1.165, 1.54) is 0 Å². The van der Waals surface area contributed by atoms with Crippen LogP contribution in [0.25, 0.3) is 10.9 Å². The van der Waals surface area contributed by atoms with Gasteiger partial charge in [0.2, 0.25) is 0 Å². The lowest BCUT2D eigenvalue weighted by Crippen LogP contribution is -2.33. The number of nitrogens with zero attached hydrogens (tertiary/aromatic N) is 1. The van der Waals surface area contributed by atoms with Crippen LogP contribution in [0.1, 0.15) is 34.6 Å². The minimum absolute atomic E-state index is 0.0567. The molecule has 0 radical (unpaired) electrons. The van der Waals surface area contributed by atoms with Gasteiger partial charge in [-0.05, 0) is 38.3 Å². The first kappa shape index (κ1) is 13.5. The lowest BCUT2D eigenvalue weighted by molar-refractivity contribution is 0.398. The van der Waals surface area contributed by atoms with Gasteiger partial charge < -0.3 is 4.57 Å². The fraction of sp³-hybridized carbons (Fsp3) is 0.400. The lowest BCUT2D eigenvalue weighted by atomic mass is 10.1. The molecule has 0 spiro atoms. The predicted molar refractivity (Wildman–Crippen MR) is 74.6 cm³/mol. The van der Waals surface area contributed by atoms with E-state index in [2.05, 4.69) is 0 Å². The van der Waals surface area contributed by atoms with Crippen molar-refractivity contribution in [2.75, 3.05) is 0 Å². The maximum atomic E-state index is 11.8. The van der Waals surface area contributed by atoms with E-state index in [1.807, 2.05) is 69.5 Å². The predicted octanol–water partition coefficient (Wildman–Crippen LogP) is 3.78. The fourth-order valence-corrected chi connectivity index (χ4v) is 1.88. The van der Waals surface area contributed by atoms with Crippen LogP contribution in [0.2, 0.25) is 0 Å². The van der Waals surface area contributed by atoms with Crippen LogP contribution >= 0.6 is 0 Å². The zero-order chi connectivity index (χ0) is 13.1. The maximum Gasteiger partial charge on any atom is 0.251 e. The van der Waals surface area contributed by atoms with Gasteiger partial charge in [-0.1, -0.05) is 32.0 Å². The standard InChI is InChI=1S/C13H15NO.C2H6/c1-13(2,3)14-11-7-5-4-6-10(11)8-9-12(14)15;1-2/h4-9H,1-3H3;1-2H3. The fourth-order valence-electron chi connectivity index (χ4n) is 1.88. The molecule has 2 rings (SSSR count). The smallest absolute Gasteiger partial charge is 0.251 e. The van der Waals surface area contributed by atoms with Crippen molar-refractivity contribution in [1.82, 2.24) is 4.57 Å². The summed E-state index contributed by atoms with van der Waals surface area (Å²) in [7, 11) is 0. The van der Waals surface area contributed by atoms with E-state index >= 15 is 0 Å². The Bertz CT molecular complexity index is 547. The quantitative estimate of drug-likeness (QED) is 0.676. The Hall–Kier alpha value is -1.57. The molecule has 1 heterocycles. The van der Waals surface area contributed by atoms with Crippen LogP contribution in [-0.4, -0.2) is 4.57 Å². The molecule has 1 aromatic heterocycles. The Kier molecular flexibility index (Phi) is 4.11. The summed E-state index contributed by atoms with van der Waals surface area (Å²) in [5.41, 5.74) is 0.872. The third-order valence-electron chi connectivity index (χ3n) is 2.47. The molecule has 0 aliphatic heterocycles. The molecule has 2 heteroatoms. The van der Waals surface area contributed by atoms with Gasteiger partial charge in [0.15, 0.2) is 0 Å². The van der Waals surface area contributed by atoms with E-state index in [9.17, 15) is 4.79 Å². The highest BCUT2D eigenvalue weighted by atomic mass is 16.1. The molecule has 0 saturated carbocycles. The number of para-hydroxylation sites is 1. The van der Waals surface area contributed by atoms with Gasteiger partial charge in [-0.15, -0.1) is 0 Å². The lowest BCUT2D eigenvalue weighted by Gasteiger charge is -2.24. The van der Waals surface area contributed by atoms with Gasteiger partial charge in [0.05, 0.1) is 5.52 Å². The van der Waals surface area contributed by atoms with Crippen molar-refractivity contribution in [2.45, 2.75) is 40.2 Å². The van der Waals surface area contributed by atoms with Gasteiger partial charge in [-0.2, -0.15) is 0 Å². The summed E-state index contributed by atoms with van der Waals surface area (Å²) in [6.07, 6.45) is 0. The van der Waals surface area contributed by atoms with Crippen molar-refractivity contribution in [1.29, 1.82) is 0 Å². The second-order valence-electron chi connectivity index (χ2n) is 4.74. The summed E-state index contributed by atoms with van der Waals surface area (Å²) in [5, 5.41) is 1.10. The van der Waals surface area contributed by atoms with Crippen LogP contribution in [0.5, 0.6) is 0 Å². The van der Waals surface area contributed by atoms with E-state index in [4.69, 9.17) is 0 Å². The molecule has 0 bridgehead atoms. The summed E-state index contributed by atoms with van der Waals surface area (Å²) in [4.78, 5) is 11.8. The van der Waals surface area contributed by atoms with Crippen LogP contribution in [0.15, 0.2) is 41.2 Å². The molecule has 1 aromatic carbocycles. The highest BCUT2D eigenvalue weighted by Crippen LogP contribution is 2.19. The molecule has 0 aliphatic rings.